The second kappa shape index (κ2) is 6.91. The number of aliphatic hydroxyl groups is 1. The number of aromatic nitrogens is 1. The van der Waals surface area contributed by atoms with Gasteiger partial charge in [-0.1, -0.05) is 18.2 Å². The average molecular weight is 336 g/mol. The molecule has 1 saturated heterocycles. The van der Waals surface area contributed by atoms with Crippen LogP contribution in [0.25, 0.3) is 11.3 Å². The second-order valence-corrected chi connectivity index (χ2v) is 6.03. The standard InChI is InChI=1S/C18H19F3N2O/c19-18(20,21)16-10-13(17-5-1-2-8-22-17)6-7-14(16)11-23-9-3-4-15(23)12-24/h1-2,5-8,10,15,24H,3-4,9,11-12H2/t15-/m0/s1. The minimum Gasteiger partial charge on any atom is -0.395 e. The van der Waals surface area contributed by atoms with Crippen LogP contribution in [0.3, 0.4) is 0 Å². The Kier molecular flexibility index (Phi) is 4.87. The lowest BCUT2D eigenvalue weighted by Crippen LogP contribution is -2.32. The third-order valence-corrected chi connectivity index (χ3v) is 4.46. The Labute approximate surface area is 138 Å². The third kappa shape index (κ3) is 3.60. The monoisotopic (exact) mass is 336 g/mol. The van der Waals surface area contributed by atoms with E-state index in [1.807, 2.05) is 4.90 Å². The van der Waals surface area contributed by atoms with E-state index in [2.05, 4.69) is 4.98 Å². The number of benzene rings is 1. The molecule has 1 aromatic carbocycles. The zero-order chi connectivity index (χ0) is 17.2. The maximum Gasteiger partial charge on any atom is 0.416 e. The van der Waals surface area contributed by atoms with E-state index < -0.39 is 11.7 Å². The maximum absolute atomic E-state index is 13.5. The normalized spacial score (nSPS) is 18.9. The van der Waals surface area contributed by atoms with Crippen LogP contribution in [0.4, 0.5) is 13.2 Å². The van der Waals surface area contributed by atoms with Crippen molar-refractivity contribution in [3.63, 3.8) is 0 Å². The summed E-state index contributed by atoms with van der Waals surface area (Å²) in [6.07, 6.45) is -1.14. The van der Waals surface area contributed by atoms with E-state index in [4.69, 9.17) is 0 Å². The summed E-state index contributed by atoms with van der Waals surface area (Å²) >= 11 is 0. The number of hydrogen-bond acceptors (Lipinski definition) is 3. The highest BCUT2D eigenvalue weighted by Crippen LogP contribution is 2.36. The Bertz CT molecular complexity index is 688. The molecule has 128 valence electrons. The molecular formula is C18H19F3N2O. The van der Waals surface area contributed by atoms with E-state index in [1.165, 1.54) is 12.1 Å². The number of rotatable bonds is 4. The molecule has 24 heavy (non-hydrogen) atoms. The van der Waals surface area contributed by atoms with Gasteiger partial charge in [0.2, 0.25) is 0 Å². The quantitative estimate of drug-likeness (QED) is 0.924. The van der Waals surface area contributed by atoms with Crippen molar-refractivity contribution in [2.24, 2.45) is 0 Å². The van der Waals surface area contributed by atoms with Crippen LogP contribution in [0, 0.1) is 0 Å². The third-order valence-electron chi connectivity index (χ3n) is 4.46. The lowest BCUT2D eigenvalue weighted by atomic mass is 10.0. The van der Waals surface area contributed by atoms with Crippen molar-refractivity contribution in [3.8, 4) is 11.3 Å². The van der Waals surface area contributed by atoms with Crippen LogP contribution >= 0.6 is 0 Å². The number of nitrogens with zero attached hydrogens (tertiary/aromatic N) is 2. The van der Waals surface area contributed by atoms with E-state index in [1.54, 1.807) is 30.5 Å². The highest BCUT2D eigenvalue weighted by Gasteiger charge is 2.35. The minimum atomic E-state index is -4.42. The van der Waals surface area contributed by atoms with Gasteiger partial charge in [0, 0.05) is 24.3 Å². The molecule has 0 saturated carbocycles. The predicted octanol–water partition coefficient (Wildman–Crippen LogP) is 3.72. The highest BCUT2D eigenvalue weighted by molar-refractivity contribution is 5.61. The van der Waals surface area contributed by atoms with Gasteiger partial charge in [0.05, 0.1) is 17.9 Å². The average Bonchev–Trinajstić information content (AvgIpc) is 3.02. The Morgan fingerprint density at radius 3 is 2.71 bits per heavy atom. The van der Waals surface area contributed by atoms with Crippen molar-refractivity contribution >= 4 is 0 Å². The smallest absolute Gasteiger partial charge is 0.395 e. The number of likely N-dealkylation sites (tertiary alicyclic amines) is 1. The summed E-state index contributed by atoms with van der Waals surface area (Å²) in [4.78, 5) is 6.04. The van der Waals surface area contributed by atoms with Crippen LogP contribution in [0.2, 0.25) is 0 Å². The lowest BCUT2D eigenvalue weighted by Gasteiger charge is -2.24. The van der Waals surface area contributed by atoms with E-state index in [0.29, 0.717) is 17.8 Å². The van der Waals surface area contributed by atoms with Gasteiger partial charge in [0.25, 0.3) is 0 Å². The fourth-order valence-electron chi connectivity index (χ4n) is 3.20. The predicted molar refractivity (Wildman–Crippen MR) is 85.2 cm³/mol. The van der Waals surface area contributed by atoms with Crippen LogP contribution < -0.4 is 0 Å². The summed E-state index contributed by atoms with van der Waals surface area (Å²) in [5, 5.41) is 9.36. The summed E-state index contributed by atoms with van der Waals surface area (Å²) in [5.74, 6) is 0. The van der Waals surface area contributed by atoms with Gasteiger partial charge in [0.15, 0.2) is 0 Å². The molecule has 6 heteroatoms. The topological polar surface area (TPSA) is 36.4 Å². The van der Waals surface area contributed by atoms with Gasteiger partial charge in [0.1, 0.15) is 0 Å². The summed E-state index contributed by atoms with van der Waals surface area (Å²) in [5.41, 5.74) is 0.576. The summed E-state index contributed by atoms with van der Waals surface area (Å²) in [7, 11) is 0. The molecule has 1 atom stereocenters. The molecule has 0 radical (unpaired) electrons. The molecule has 2 heterocycles. The molecule has 1 aliphatic rings. The molecule has 0 unspecified atom stereocenters. The van der Waals surface area contributed by atoms with Crippen molar-refractivity contribution in [2.75, 3.05) is 13.2 Å². The van der Waals surface area contributed by atoms with E-state index in [9.17, 15) is 18.3 Å². The van der Waals surface area contributed by atoms with Gasteiger partial charge in [-0.2, -0.15) is 13.2 Å². The number of alkyl halides is 3. The number of pyridine rings is 1. The summed E-state index contributed by atoms with van der Waals surface area (Å²) < 4.78 is 40.5. The first-order chi connectivity index (χ1) is 11.5. The van der Waals surface area contributed by atoms with Gasteiger partial charge in [-0.25, -0.2) is 0 Å². The zero-order valence-corrected chi connectivity index (χ0v) is 13.1. The van der Waals surface area contributed by atoms with E-state index in [0.717, 1.165) is 12.8 Å². The van der Waals surface area contributed by atoms with Crippen molar-refractivity contribution in [1.29, 1.82) is 0 Å². The first-order valence-corrected chi connectivity index (χ1v) is 7.95. The first kappa shape index (κ1) is 16.9. The van der Waals surface area contributed by atoms with Crippen LogP contribution in [-0.2, 0) is 12.7 Å². The maximum atomic E-state index is 13.5. The fraction of sp³-hybridized carbons (Fsp3) is 0.389. The highest BCUT2D eigenvalue weighted by atomic mass is 19.4. The van der Waals surface area contributed by atoms with Crippen molar-refractivity contribution in [3.05, 3.63) is 53.7 Å². The molecule has 1 aromatic heterocycles. The zero-order valence-electron chi connectivity index (χ0n) is 13.1. The van der Waals surface area contributed by atoms with Crippen molar-refractivity contribution in [1.82, 2.24) is 9.88 Å². The lowest BCUT2D eigenvalue weighted by molar-refractivity contribution is -0.138. The SMILES string of the molecule is OC[C@@H]1CCCN1Cc1ccc(-c2ccccn2)cc1C(F)(F)F. The van der Waals surface area contributed by atoms with Gasteiger partial charge in [-0.05, 0) is 43.1 Å². The van der Waals surface area contributed by atoms with E-state index in [-0.39, 0.29) is 24.8 Å². The van der Waals surface area contributed by atoms with Crippen LogP contribution in [0.15, 0.2) is 42.6 Å². The van der Waals surface area contributed by atoms with Crippen LogP contribution in [-0.4, -0.2) is 34.2 Å². The molecule has 0 bridgehead atoms. The molecule has 2 aromatic rings. The molecule has 1 aliphatic heterocycles. The van der Waals surface area contributed by atoms with Crippen LogP contribution in [0.1, 0.15) is 24.0 Å². The molecule has 1 N–H and O–H groups in total. The Morgan fingerprint density at radius 2 is 2.04 bits per heavy atom. The number of halogens is 3. The molecule has 0 amide bonds. The molecule has 0 spiro atoms. The molecule has 3 rings (SSSR count). The van der Waals surface area contributed by atoms with Gasteiger partial charge >= 0.3 is 6.18 Å². The minimum absolute atomic E-state index is 0.0205. The summed E-state index contributed by atoms with van der Waals surface area (Å²) in [6, 6.07) is 9.49. The molecule has 1 fully saturated rings. The Balaban J connectivity index is 1.94. The molecule has 3 nitrogen and oxygen atoms in total. The molecular weight excluding hydrogens is 317 g/mol. The number of hydrogen-bond donors (Lipinski definition) is 1. The van der Waals surface area contributed by atoms with Crippen molar-refractivity contribution < 1.29 is 18.3 Å². The van der Waals surface area contributed by atoms with Crippen LogP contribution in [0.5, 0.6) is 0 Å². The Morgan fingerprint density at radius 1 is 1.21 bits per heavy atom. The van der Waals surface area contributed by atoms with E-state index >= 15 is 0 Å². The largest absolute Gasteiger partial charge is 0.416 e. The van der Waals surface area contributed by atoms with Crippen molar-refractivity contribution in [2.45, 2.75) is 31.6 Å². The fourth-order valence-corrected chi connectivity index (χ4v) is 3.20. The van der Waals surface area contributed by atoms with Gasteiger partial charge < -0.3 is 5.11 Å². The first-order valence-electron chi connectivity index (χ1n) is 7.95. The number of aliphatic hydroxyl groups excluding tert-OH is 1. The van der Waals surface area contributed by atoms with Gasteiger partial charge in [-0.15, -0.1) is 0 Å². The second-order valence-electron chi connectivity index (χ2n) is 6.03. The van der Waals surface area contributed by atoms with Gasteiger partial charge in [-0.3, -0.25) is 9.88 Å². The molecule has 0 aliphatic carbocycles. The summed E-state index contributed by atoms with van der Waals surface area (Å²) in [6.45, 7) is 0.889. The Hall–Kier alpha value is -1.92.